The quantitative estimate of drug-likeness (QED) is 0.699. The minimum atomic E-state index is -0.108. The Morgan fingerprint density at radius 2 is 1.81 bits per heavy atom. The monoisotopic (exact) mass is 345 g/mol. The largest absolute Gasteiger partial charge is 0.355 e. The van der Waals surface area contributed by atoms with Gasteiger partial charge in [0.25, 0.3) is 5.91 Å². The Hall–Kier alpha value is -3.14. The standard InChI is InChI=1S/C22H23N3O/c1-4-25(19-8-6-5-7-9-19)22(26)21-15-18(12-13-23-21)24-20-14-16(2)10-11-17(20)3/h5-15H,4H2,1-3H3,(H,23,24). The van der Waals surface area contributed by atoms with E-state index in [0.717, 1.165) is 22.6 Å². The number of anilines is 3. The Labute approximate surface area is 154 Å². The first-order chi connectivity index (χ1) is 12.6. The maximum Gasteiger partial charge on any atom is 0.276 e. The summed E-state index contributed by atoms with van der Waals surface area (Å²) in [6, 6.07) is 19.6. The number of nitrogens with one attached hydrogen (secondary N) is 1. The van der Waals surface area contributed by atoms with Crippen molar-refractivity contribution in [2.24, 2.45) is 0 Å². The van der Waals surface area contributed by atoms with Crippen molar-refractivity contribution in [3.8, 4) is 0 Å². The third-order valence-electron chi connectivity index (χ3n) is 4.28. The van der Waals surface area contributed by atoms with E-state index in [4.69, 9.17) is 0 Å². The molecule has 0 bridgehead atoms. The average molecular weight is 345 g/mol. The molecule has 1 N–H and O–H groups in total. The van der Waals surface area contributed by atoms with Crippen molar-refractivity contribution in [1.82, 2.24) is 4.98 Å². The third kappa shape index (κ3) is 3.91. The van der Waals surface area contributed by atoms with Gasteiger partial charge in [0.15, 0.2) is 0 Å². The first kappa shape index (κ1) is 17.7. The number of nitrogens with zero attached hydrogens (tertiary/aromatic N) is 2. The lowest BCUT2D eigenvalue weighted by molar-refractivity contribution is 0.0983. The molecule has 0 aliphatic carbocycles. The molecule has 4 heteroatoms. The minimum Gasteiger partial charge on any atom is -0.355 e. The van der Waals surface area contributed by atoms with Crippen LogP contribution in [-0.2, 0) is 0 Å². The molecule has 3 aromatic rings. The van der Waals surface area contributed by atoms with Crippen molar-refractivity contribution in [3.05, 3.63) is 83.7 Å². The number of carbonyl (C=O) groups excluding carboxylic acids is 1. The molecule has 2 aromatic carbocycles. The van der Waals surface area contributed by atoms with Crippen LogP contribution in [0, 0.1) is 13.8 Å². The third-order valence-corrected chi connectivity index (χ3v) is 4.28. The van der Waals surface area contributed by atoms with E-state index in [0.29, 0.717) is 12.2 Å². The predicted molar refractivity (Wildman–Crippen MR) is 107 cm³/mol. The summed E-state index contributed by atoms with van der Waals surface area (Å²) in [6.45, 7) is 6.66. The van der Waals surface area contributed by atoms with E-state index in [1.54, 1.807) is 17.2 Å². The number of aromatic nitrogens is 1. The summed E-state index contributed by atoms with van der Waals surface area (Å²) in [5.41, 5.74) is 5.51. The topological polar surface area (TPSA) is 45.2 Å². The molecule has 0 radical (unpaired) electrons. The summed E-state index contributed by atoms with van der Waals surface area (Å²) in [4.78, 5) is 18.9. The second kappa shape index (κ2) is 7.83. The molecule has 4 nitrogen and oxygen atoms in total. The molecule has 26 heavy (non-hydrogen) atoms. The second-order valence-electron chi connectivity index (χ2n) is 6.26. The van der Waals surface area contributed by atoms with Crippen molar-refractivity contribution in [1.29, 1.82) is 0 Å². The van der Waals surface area contributed by atoms with Crippen LogP contribution in [0.1, 0.15) is 28.5 Å². The molecular formula is C22H23N3O. The first-order valence-electron chi connectivity index (χ1n) is 8.75. The lowest BCUT2D eigenvalue weighted by atomic mass is 10.1. The van der Waals surface area contributed by atoms with Gasteiger partial charge in [0.05, 0.1) is 0 Å². The molecule has 0 spiro atoms. The number of amides is 1. The maximum absolute atomic E-state index is 12.9. The van der Waals surface area contributed by atoms with E-state index < -0.39 is 0 Å². The smallest absolute Gasteiger partial charge is 0.276 e. The van der Waals surface area contributed by atoms with Gasteiger partial charge in [0.2, 0.25) is 0 Å². The van der Waals surface area contributed by atoms with Gasteiger partial charge in [-0.05, 0) is 62.2 Å². The van der Waals surface area contributed by atoms with E-state index in [2.05, 4.69) is 42.3 Å². The Balaban J connectivity index is 1.86. The summed E-state index contributed by atoms with van der Waals surface area (Å²) in [5, 5.41) is 3.39. The normalized spacial score (nSPS) is 10.4. The van der Waals surface area contributed by atoms with Crippen LogP contribution < -0.4 is 10.2 Å². The van der Waals surface area contributed by atoms with E-state index in [-0.39, 0.29) is 5.91 Å². The van der Waals surface area contributed by atoms with Crippen LogP contribution in [0.15, 0.2) is 66.9 Å². The number of aryl methyl sites for hydroxylation is 2. The van der Waals surface area contributed by atoms with Crippen LogP contribution in [0.25, 0.3) is 0 Å². The van der Waals surface area contributed by atoms with Gasteiger partial charge in [-0.2, -0.15) is 0 Å². The van der Waals surface area contributed by atoms with Gasteiger partial charge in [-0.1, -0.05) is 30.3 Å². The summed E-state index contributed by atoms with van der Waals surface area (Å²) < 4.78 is 0. The van der Waals surface area contributed by atoms with Crippen LogP contribution in [0.4, 0.5) is 17.1 Å². The van der Waals surface area contributed by atoms with Crippen molar-refractivity contribution < 1.29 is 4.79 Å². The molecular weight excluding hydrogens is 322 g/mol. The van der Waals surface area contributed by atoms with Gasteiger partial charge in [-0.25, -0.2) is 0 Å². The minimum absolute atomic E-state index is 0.108. The molecule has 1 heterocycles. The number of para-hydroxylation sites is 1. The molecule has 1 aromatic heterocycles. The number of rotatable bonds is 5. The zero-order valence-electron chi connectivity index (χ0n) is 15.4. The zero-order valence-corrected chi connectivity index (χ0v) is 15.4. The molecule has 0 saturated carbocycles. The summed E-state index contributed by atoms with van der Waals surface area (Å²) in [5.74, 6) is -0.108. The Bertz CT molecular complexity index is 906. The highest BCUT2D eigenvalue weighted by atomic mass is 16.2. The highest BCUT2D eigenvalue weighted by molar-refractivity contribution is 6.05. The van der Waals surface area contributed by atoms with Crippen LogP contribution in [-0.4, -0.2) is 17.4 Å². The highest BCUT2D eigenvalue weighted by Crippen LogP contribution is 2.23. The van der Waals surface area contributed by atoms with E-state index in [1.807, 2.05) is 43.3 Å². The predicted octanol–water partition coefficient (Wildman–Crippen LogP) is 5.11. The number of hydrogen-bond acceptors (Lipinski definition) is 3. The molecule has 0 fully saturated rings. The SMILES string of the molecule is CCN(C(=O)c1cc(Nc2cc(C)ccc2C)ccn1)c1ccccc1. The molecule has 0 aliphatic heterocycles. The van der Waals surface area contributed by atoms with Crippen molar-refractivity contribution in [3.63, 3.8) is 0 Å². The summed E-state index contributed by atoms with van der Waals surface area (Å²) in [6.07, 6.45) is 1.67. The maximum atomic E-state index is 12.9. The fourth-order valence-electron chi connectivity index (χ4n) is 2.84. The van der Waals surface area contributed by atoms with Gasteiger partial charge in [-0.15, -0.1) is 0 Å². The van der Waals surface area contributed by atoms with Crippen molar-refractivity contribution >= 4 is 23.0 Å². The van der Waals surface area contributed by atoms with Gasteiger partial charge in [-0.3, -0.25) is 9.78 Å². The van der Waals surface area contributed by atoms with Gasteiger partial charge in [0.1, 0.15) is 5.69 Å². The molecule has 0 aliphatic rings. The van der Waals surface area contributed by atoms with Crippen LogP contribution in [0.5, 0.6) is 0 Å². The average Bonchev–Trinajstić information content (AvgIpc) is 2.66. The number of pyridine rings is 1. The molecule has 0 atom stereocenters. The number of hydrogen-bond donors (Lipinski definition) is 1. The molecule has 3 rings (SSSR count). The lowest BCUT2D eigenvalue weighted by Crippen LogP contribution is -2.31. The highest BCUT2D eigenvalue weighted by Gasteiger charge is 2.17. The fraction of sp³-hybridized carbons (Fsp3) is 0.182. The Kier molecular flexibility index (Phi) is 5.32. The first-order valence-corrected chi connectivity index (χ1v) is 8.75. The Morgan fingerprint density at radius 1 is 1.04 bits per heavy atom. The molecule has 132 valence electrons. The molecule has 1 amide bonds. The van der Waals surface area contributed by atoms with Gasteiger partial charge >= 0.3 is 0 Å². The van der Waals surface area contributed by atoms with Gasteiger partial charge < -0.3 is 10.2 Å². The summed E-state index contributed by atoms with van der Waals surface area (Å²) >= 11 is 0. The van der Waals surface area contributed by atoms with Crippen LogP contribution >= 0.6 is 0 Å². The van der Waals surface area contributed by atoms with Crippen LogP contribution in [0.2, 0.25) is 0 Å². The van der Waals surface area contributed by atoms with E-state index >= 15 is 0 Å². The van der Waals surface area contributed by atoms with E-state index in [9.17, 15) is 4.79 Å². The fourth-order valence-corrected chi connectivity index (χ4v) is 2.84. The van der Waals surface area contributed by atoms with Gasteiger partial charge in [0, 0.05) is 29.8 Å². The number of benzene rings is 2. The van der Waals surface area contributed by atoms with Crippen molar-refractivity contribution in [2.75, 3.05) is 16.8 Å². The van der Waals surface area contributed by atoms with Crippen molar-refractivity contribution in [2.45, 2.75) is 20.8 Å². The zero-order chi connectivity index (χ0) is 18.5. The van der Waals surface area contributed by atoms with Crippen LogP contribution in [0.3, 0.4) is 0 Å². The Morgan fingerprint density at radius 3 is 2.54 bits per heavy atom. The number of carbonyl (C=O) groups is 1. The summed E-state index contributed by atoms with van der Waals surface area (Å²) in [7, 11) is 0. The van der Waals surface area contributed by atoms with E-state index in [1.165, 1.54) is 5.56 Å². The molecule has 0 unspecified atom stereocenters. The second-order valence-corrected chi connectivity index (χ2v) is 6.26. The lowest BCUT2D eigenvalue weighted by Gasteiger charge is -2.21. The molecule has 0 saturated heterocycles.